The number of carbonyl (C=O) groups is 1. The number of fused-ring (bicyclic) bond motifs is 1. The predicted octanol–water partition coefficient (Wildman–Crippen LogP) is 4.21. The van der Waals surface area contributed by atoms with Crippen molar-refractivity contribution in [2.75, 3.05) is 26.4 Å². The number of rotatable bonds is 6. The highest BCUT2D eigenvalue weighted by Gasteiger charge is 2.21. The Balaban J connectivity index is 1.58. The van der Waals surface area contributed by atoms with Crippen LogP contribution in [0.2, 0.25) is 0 Å². The van der Waals surface area contributed by atoms with Gasteiger partial charge in [0.1, 0.15) is 0 Å². The van der Waals surface area contributed by atoms with Gasteiger partial charge in [0, 0.05) is 25.7 Å². The number of nitrogens with one attached hydrogen (secondary N) is 1. The zero-order chi connectivity index (χ0) is 17.5. The molecule has 0 aromatic heterocycles. The molecule has 2 atom stereocenters. The normalized spacial score (nSPS) is 23.8. The van der Waals surface area contributed by atoms with E-state index in [1.165, 1.54) is 48.8 Å². The van der Waals surface area contributed by atoms with Gasteiger partial charge >= 0.3 is 6.09 Å². The van der Waals surface area contributed by atoms with Gasteiger partial charge < -0.3 is 14.8 Å². The molecule has 0 saturated carbocycles. The summed E-state index contributed by atoms with van der Waals surface area (Å²) in [5, 5.41) is 2.88. The molecule has 3 rings (SSSR count). The van der Waals surface area contributed by atoms with E-state index in [1.807, 2.05) is 0 Å². The highest BCUT2D eigenvalue weighted by atomic mass is 16.5. The van der Waals surface area contributed by atoms with Gasteiger partial charge in [0.05, 0.1) is 6.61 Å². The summed E-state index contributed by atoms with van der Waals surface area (Å²) in [5.74, 6) is 1.21. The Morgan fingerprint density at radius 1 is 1.28 bits per heavy atom. The van der Waals surface area contributed by atoms with Gasteiger partial charge in [0.2, 0.25) is 0 Å². The van der Waals surface area contributed by atoms with Gasteiger partial charge in [-0.25, -0.2) is 4.79 Å². The lowest BCUT2D eigenvalue weighted by atomic mass is 9.80. The van der Waals surface area contributed by atoms with Crippen molar-refractivity contribution >= 4 is 6.09 Å². The summed E-state index contributed by atoms with van der Waals surface area (Å²) in [5.41, 5.74) is 4.41. The highest BCUT2D eigenvalue weighted by molar-refractivity contribution is 5.67. The molecule has 0 unspecified atom stereocenters. The van der Waals surface area contributed by atoms with Crippen molar-refractivity contribution in [3.8, 4) is 0 Å². The smallest absolute Gasteiger partial charge is 0.407 e. The van der Waals surface area contributed by atoms with Crippen LogP contribution in [0.25, 0.3) is 0 Å². The molecule has 1 aliphatic carbocycles. The minimum Gasteiger partial charge on any atom is -0.450 e. The molecule has 138 valence electrons. The van der Waals surface area contributed by atoms with Crippen LogP contribution < -0.4 is 5.32 Å². The van der Waals surface area contributed by atoms with E-state index in [0.29, 0.717) is 19.1 Å². The molecule has 25 heavy (non-hydrogen) atoms. The fourth-order valence-corrected chi connectivity index (χ4v) is 4.11. The maximum absolute atomic E-state index is 11.5. The Hall–Kier alpha value is -1.55. The molecule has 1 heterocycles. The number of hydrogen-bond donors (Lipinski definition) is 1. The second kappa shape index (κ2) is 9.23. The maximum Gasteiger partial charge on any atom is 0.407 e. The summed E-state index contributed by atoms with van der Waals surface area (Å²) in [4.78, 5) is 11.5. The molecule has 1 amide bonds. The SMILES string of the molecule is CCOCCC[C@H]1CCc2cc([C@H]3CCCOC(=O)NC3)ccc2C1. The van der Waals surface area contributed by atoms with Crippen LogP contribution in [0.4, 0.5) is 4.79 Å². The number of carbonyl (C=O) groups excluding carboxylic acids is 1. The van der Waals surface area contributed by atoms with E-state index in [-0.39, 0.29) is 6.09 Å². The van der Waals surface area contributed by atoms with Gasteiger partial charge in [0.15, 0.2) is 0 Å². The van der Waals surface area contributed by atoms with E-state index in [4.69, 9.17) is 9.47 Å². The molecule has 0 radical (unpaired) electrons. The Labute approximate surface area is 151 Å². The van der Waals surface area contributed by atoms with Crippen LogP contribution in [0, 0.1) is 5.92 Å². The lowest BCUT2D eigenvalue weighted by Gasteiger charge is -2.27. The van der Waals surface area contributed by atoms with E-state index in [9.17, 15) is 4.79 Å². The molecule has 2 aliphatic rings. The third-order valence-corrected chi connectivity index (χ3v) is 5.56. The van der Waals surface area contributed by atoms with Gasteiger partial charge in [-0.1, -0.05) is 18.2 Å². The van der Waals surface area contributed by atoms with E-state index in [2.05, 4.69) is 30.4 Å². The number of aryl methyl sites for hydroxylation is 1. The third-order valence-electron chi connectivity index (χ3n) is 5.56. The lowest BCUT2D eigenvalue weighted by Crippen LogP contribution is -2.31. The Morgan fingerprint density at radius 3 is 3.08 bits per heavy atom. The minimum absolute atomic E-state index is 0.280. The number of ether oxygens (including phenoxy) is 2. The quantitative estimate of drug-likeness (QED) is 0.786. The lowest BCUT2D eigenvalue weighted by molar-refractivity contribution is 0.136. The molecule has 1 aromatic rings. The molecule has 4 nitrogen and oxygen atoms in total. The maximum atomic E-state index is 11.5. The average molecular weight is 345 g/mol. The van der Waals surface area contributed by atoms with Crippen LogP contribution in [0.15, 0.2) is 18.2 Å². The molecular formula is C21H31NO3. The first-order chi connectivity index (χ1) is 12.3. The Bertz CT molecular complexity index is 572. The zero-order valence-electron chi connectivity index (χ0n) is 15.4. The van der Waals surface area contributed by atoms with Crippen molar-refractivity contribution in [1.82, 2.24) is 5.32 Å². The number of alkyl carbamates (subject to hydrolysis) is 1. The second-order valence-electron chi connectivity index (χ2n) is 7.33. The van der Waals surface area contributed by atoms with E-state index in [0.717, 1.165) is 32.0 Å². The zero-order valence-corrected chi connectivity index (χ0v) is 15.4. The van der Waals surface area contributed by atoms with Crippen LogP contribution in [0.3, 0.4) is 0 Å². The first kappa shape index (κ1) is 18.2. The molecule has 1 fully saturated rings. The van der Waals surface area contributed by atoms with Crippen molar-refractivity contribution in [2.24, 2.45) is 5.92 Å². The summed E-state index contributed by atoms with van der Waals surface area (Å²) in [6, 6.07) is 7.00. The van der Waals surface area contributed by atoms with E-state index in [1.54, 1.807) is 0 Å². The first-order valence-corrected chi connectivity index (χ1v) is 9.86. The first-order valence-electron chi connectivity index (χ1n) is 9.86. The van der Waals surface area contributed by atoms with Gasteiger partial charge in [-0.05, 0) is 74.5 Å². The second-order valence-corrected chi connectivity index (χ2v) is 7.33. The Morgan fingerprint density at radius 2 is 2.20 bits per heavy atom. The van der Waals surface area contributed by atoms with Gasteiger partial charge in [-0.15, -0.1) is 0 Å². The molecule has 1 aliphatic heterocycles. The number of benzene rings is 1. The fraction of sp³-hybridized carbons (Fsp3) is 0.667. The molecule has 4 heteroatoms. The minimum atomic E-state index is -0.280. The molecule has 1 aromatic carbocycles. The third kappa shape index (κ3) is 5.21. The summed E-state index contributed by atoms with van der Waals surface area (Å²) in [6.07, 6.45) is 7.86. The van der Waals surface area contributed by atoms with Crippen LogP contribution >= 0.6 is 0 Å². The summed E-state index contributed by atoms with van der Waals surface area (Å²) in [7, 11) is 0. The van der Waals surface area contributed by atoms with Crippen molar-refractivity contribution in [3.05, 3.63) is 34.9 Å². The van der Waals surface area contributed by atoms with E-state index >= 15 is 0 Å². The standard InChI is InChI=1S/C21H31NO3/c1-2-24-11-3-5-16-7-8-18-14-19(10-9-17(18)13-16)20-6-4-12-25-21(23)22-15-20/h9-10,14,16,20H,2-8,11-13,15H2,1H3,(H,22,23)/t16-,20-/m0/s1. The fourth-order valence-electron chi connectivity index (χ4n) is 4.11. The molecule has 0 spiro atoms. The van der Waals surface area contributed by atoms with Gasteiger partial charge in [-0.2, -0.15) is 0 Å². The summed E-state index contributed by atoms with van der Waals surface area (Å²) < 4.78 is 10.5. The number of hydrogen-bond acceptors (Lipinski definition) is 3. The van der Waals surface area contributed by atoms with Gasteiger partial charge in [0.25, 0.3) is 0 Å². The monoisotopic (exact) mass is 345 g/mol. The average Bonchev–Trinajstić information content (AvgIpc) is 2.62. The van der Waals surface area contributed by atoms with Crippen molar-refractivity contribution in [2.45, 2.75) is 57.8 Å². The Kier molecular flexibility index (Phi) is 6.74. The summed E-state index contributed by atoms with van der Waals surface area (Å²) in [6.45, 7) is 4.98. The van der Waals surface area contributed by atoms with Crippen molar-refractivity contribution in [3.63, 3.8) is 0 Å². The highest BCUT2D eigenvalue weighted by Crippen LogP contribution is 2.32. The number of amides is 1. The van der Waals surface area contributed by atoms with Gasteiger partial charge in [-0.3, -0.25) is 0 Å². The van der Waals surface area contributed by atoms with Crippen molar-refractivity contribution < 1.29 is 14.3 Å². The molecule has 0 bridgehead atoms. The molecule has 1 saturated heterocycles. The molecular weight excluding hydrogens is 314 g/mol. The number of cyclic esters (lactones) is 1. The topological polar surface area (TPSA) is 47.6 Å². The van der Waals surface area contributed by atoms with Crippen LogP contribution in [-0.2, 0) is 22.3 Å². The van der Waals surface area contributed by atoms with E-state index < -0.39 is 0 Å². The van der Waals surface area contributed by atoms with Crippen LogP contribution in [-0.4, -0.2) is 32.5 Å². The van der Waals surface area contributed by atoms with Crippen molar-refractivity contribution in [1.29, 1.82) is 0 Å². The molecule has 1 N–H and O–H groups in total. The largest absolute Gasteiger partial charge is 0.450 e. The predicted molar refractivity (Wildman–Crippen MR) is 99.0 cm³/mol. The summed E-state index contributed by atoms with van der Waals surface area (Å²) >= 11 is 0. The van der Waals surface area contributed by atoms with Crippen LogP contribution in [0.1, 0.15) is 61.6 Å². The van der Waals surface area contributed by atoms with Crippen LogP contribution in [0.5, 0.6) is 0 Å².